The fourth-order valence-corrected chi connectivity index (χ4v) is 3.17. The summed E-state index contributed by atoms with van der Waals surface area (Å²) in [4.78, 5) is 24.3. The molecule has 21 heavy (non-hydrogen) atoms. The molecule has 1 unspecified atom stereocenters. The molecule has 110 valence electrons. The molecule has 7 heteroatoms. The van der Waals surface area contributed by atoms with E-state index in [0.29, 0.717) is 21.6 Å². The number of hydrogen-bond donors (Lipinski definition) is 2. The molecule has 1 fully saturated rings. The first-order valence-corrected chi connectivity index (χ1v) is 7.76. The van der Waals surface area contributed by atoms with Crippen molar-refractivity contribution in [3.63, 3.8) is 0 Å². The number of carbonyl (C=O) groups is 2. The first-order valence-electron chi connectivity index (χ1n) is 6.50. The monoisotopic (exact) mass is 324 g/mol. The summed E-state index contributed by atoms with van der Waals surface area (Å²) in [7, 11) is 0. The van der Waals surface area contributed by atoms with Gasteiger partial charge in [0.05, 0.1) is 5.02 Å². The molecular formula is C14H13ClN2O3S. The van der Waals surface area contributed by atoms with Gasteiger partial charge in [-0.15, -0.1) is 11.3 Å². The van der Waals surface area contributed by atoms with Gasteiger partial charge in [0.15, 0.2) is 6.04 Å². The summed E-state index contributed by atoms with van der Waals surface area (Å²) in [5.41, 5.74) is 0.408. The van der Waals surface area contributed by atoms with Crippen LogP contribution in [0.1, 0.15) is 40.3 Å². The van der Waals surface area contributed by atoms with E-state index in [1.165, 1.54) is 11.3 Å². The van der Waals surface area contributed by atoms with Gasteiger partial charge in [0.1, 0.15) is 5.69 Å². The predicted molar refractivity (Wildman–Crippen MR) is 79.9 cm³/mol. The highest BCUT2D eigenvalue weighted by Crippen LogP contribution is 2.37. The number of thiophene rings is 1. The molecule has 1 atom stereocenters. The zero-order valence-corrected chi connectivity index (χ0v) is 12.5. The molecule has 5 nitrogen and oxygen atoms in total. The predicted octanol–water partition coefficient (Wildman–Crippen LogP) is 3.09. The normalized spacial score (nSPS) is 15.7. The van der Waals surface area contributed by atoms with Crippen LogP contribution in [0.15, 0.2) is 29.8 Å². The van der Waals surface area contributed by atoms with Crippen molar-refractivity contribution in [3.8, 4) is 0 Å². The Kier molecular flexibility index (Phi) is 3.73. The smallest absolute Gasteiger partial charge is 0.331 e. The van der Waals surface area contributed by atoms with E-state index in [2.05, 4.69) is 5.32 Å². The molecule has 2 heterocycles. The lowest BCUT2D eigenvalue weighted by atomic mass is 10.2. The van der Waals surface area contributed by atoms with E-state index in [1.807, 2.05) is 4.57 Å². The summed E-state index contributed by atoms with van der Waals surface area (Å²) in [5.74, 6) is -1.50. The molecule has 2 aromatic heterocycles. The first-order chi connectivity index (χ1) is 10.1. The lowest BCUT2D eigenvalue weighted by molar-refractivity contribution is -0.139. The topological polar surface area (TPSA) is 71.3 Å². The molecule has 1 aliphatic rings. The third-order valence-corrected chi connectivity index (χ3v) is 4.48. The molecule has 0 aromatic carbocycles. The number of halogens is 1. The van der Waals surface area contributed by atoms with Crippen molar-refractivity contribution in [2.24, 2.45) is 0 Å². The van der Waals surface area contributed by atoms with E-state index in [0.717, 1.165) is 12.8 Å². The molecule has 0 aliphatic heterocycles. The molecule has 3 rings (SSSR count). The second kappa shape index (κ2) is 5.54. The molecule has 1 saturated carbocycles. The Balaban J connectivity index is 1.83. The van der Waals surface area contributed by atoms with Gasteiger partial charge < -0.3 is 15.0 Å². The molecule has 2 aromatic rings. The highest BCUT2D eigenvalue weighted by molar-refractivity contribution is 7.10. The van der Waals surface area contributed by atoms with Crippen LogP contribution in [-0.2, 0) is 4.79 Å². The van der Waals surface area contributed by atoms with Crippen LogP contribution in [0.25, 0.3) is 0 Å². The molecule has 0 radical (unpaired) electrons. The number of rotatable bonds is 5. The van der Waals surface area contributed by atoms with Crippen LogP contribution in [-0.4, -0.2) is 21.6 Å². The molecule has 2 N–H and O–H groups in total. The van der Waals surface area contributed by atoms with E-state index in [1.54, 1.807) is 29.8 Å². The van der Waals surface area contributed by atoms with Crippen LogP contribution in [0.5, 0.6) is 0 Å². The number of amides is 1. The van der Waals surface area contributed by atoms with Gasteiger partial charge in [0.25, 0.3) is 5.91 Å². The van der Waals surface area contributed by atoms with Gasteiger partial charge in [0.2, 0.25) is 0 Å². The molecule has 0 saturated heterocycles. The van der Waals surface area contributed by atoms with Gasteiger partial charge in [-0.25, -0.2) is 4.79 Å². The summed E-state index contributed by atoms with van der Waals surface area (Å²) >= 11 is 7.26. The third kappa shape index (κ3) is 2.96. The van der Waals surface area contributed by atoms with Crippen molar-refractivity contribution in [2.75, 3.05) is 0 Å². The number of hydrogen-bond acceptors (Lipinski definition) is 3. The van der Waals surface area contributed by atoms with Crippen molar-refractivity contribution in [1.82, 2.24) is 9.88 Å². The highest BCUT2D eigenvalue weighted by atomic mass is 35.5. The molecule has 1 amide bonds. The summed E-state index contributed by atoms with van der Waals surface area (Å²) in [6, 6.07) is 4.27. The van der Waals surface area contributed by atoms with E-state index >= 15 is 0 Å². The number of carbonyl (C=O) groups excluding carboxylic acids is 1. The van der Waals surface area contributed by atoms with Crippen LogP contribution >= 0.6 is 22.9 Å². The second-order valence-electron chi connectivity index (χ2n) is 4.94. The summed E-state index contributed by atoms with van der Waals surface area (Å²) < 4.78 is 1.82. The summed E-state index contributed by atoms with van der Waals surface area (Å²) in [5, 5.41) is 14.1. The number of aliphatic carboxylic acids is 1. The van der Waals surface area contributed by atoms with Gasteiger partial charge in [-0.3, -0.25) is 4.79 Å². The van der Waals surface area contributed by atoms with Gasteiger partial charge in [-0.05, 0) is 30.4 Å². The van der Waals surface area contributed by atoms with Crippen molar-refractivity contribution < 1.29 is 14.7 Å². The van der Waals surface area contributed by atoms with Gasteiger partial charge in [-0.2, -0.15) is 0 Å². The van der Waals surface area contributed by atoms with Gasteiger partial charge in [-0.1, -0.05) is 17.7 Å². The fourth-order valence-electron chi connectivity index (χ4n) is 2.20. The largest absolute Gasteiger partial charge is 0.479 e. The SMILES string of the molecule is O=C(NC(C(=O)O)c1cccs1)c1cc(Cl)cn1C1CC1. The average molecular weight is 325 g/mol. The van der Waals surface area contributed by atoms with Crippen LogP contribution in [0.4, 0.5) is 0 Å². The average Bonchev–Trinajstić information content (AvgIpc) is 2.99. The molecule has 0 spiro atoms. The Labute approximate surface area is 130 Å². The minimum Gasteiger partial charge on any atom is -0.479 e. The van der Waals surface area contributed by atoms with Crippen LogP contribution < -0.4 is 5.32 Å². The number of carboxylic acid groups (broad SMARTS) is 1. The van der Waals surface area contributed by atoms with E-state index in [-0.39, 0.29) is 0 Å². The van der Waals surface area contributed by atoms with Gasteiger partial charge >= 0.3 is 5.97 Å². The maximum atomic E-state index is 12.4. The highest BCUT2D eigenvalue weighted by Gasteiger charge is 2.30. The molecule has 0 bridgehead atoms. The number of nitrogens with one attached hydrogen (secondary N) is 1. The fraction of sp³-hybridized carbons (Fsp3) is 0.286. The maximum Gasteiger partial charge on any atom is 0.331 e. The zero-order chi connectivity index (χ0) is 15.0. The number of carboxylic acids is 1. The Bertz CT molecular complexity index is 676. The summed E-state index contributed by atoms with van der Waals surface area (Å²) in [6.45, 7) is 0. The Morgan fingerprint density at radius 1 is 1.48 bits per heavy atom. The maximum absolute atomic E-state index is 12.4. The van der Waals surface area contributed by atoms with E-state index < -0.39 is 17.9 Å². The van der Waals surface area contributed by atoms with E-state index in [4.69, 9.17) is 11.6 Å². The summed E-state index contributed by atoms with van der Waals surface area (Å²) in [6.07, 6.45) is 3.74. The number of nitrogens with zero attached hydrogens (tertiary/aromatic N) is 1. The van der Waals surface area contributed by atoms with Crippen LogP contribution in [0.3, 0.4) is 0 Å². The zero-order valence-electron chi connectivity index (χ0n) is 11.0. The molecular weight excluding hydrogens is 312 g/mol. The Morgan fingerprint density at radius 3 is 2.81 bits per heavy atom. The van der Waals surface area contributed by atoms with Crippen LogP contribution in [0, 0.1) is 0 Å². The molecule has 1 aliphatic carbocycles. The van der Waals surface area contributed by atoms with E-state index in [9.17, 15) is 14.7 Å². The lowest BCUT2D eigenvalue weighted by Gasteiger charge is -2.14. The van der Waals surface area contributed by atoms with Crippen molar-refractivity contribution in [1.29, 1.82) is 0 Å². The van der Waals surface area contributed by atoms with Crippen molar-refractivity contribution in [2.45, 2.75) is 24.9 Å². The number of aromatic nitrogens is 1. The van der Waals surface area contributed by atoms with Crippen LogP contribution in [0.2, 0.25) is 5.02 Å². The quantitative estimate of drug-likeness (QED) is 0.887. The Hall–Kier alpha value is -1.79. The first kappa shape index (κ1) is 14.2. The van der Waals surface area contributed by atoms with Gasteiger partial charge in [0, 0.05) is 17.1 Å². The minimum atomic E-state index is -1.08. The third-order valence-electron chi connectivity index (χ3n) is 3.34. The second-order valence-corrected chi connectivity index (χ2v) is 6.36. The van der Waals surface area contributed by atoms with Crippen molar-refractivity contribution >= 4 is 34.8 Å². The van der Waals surface area contributed by atoms with Crippen molar-refractivity contribution in [3.05, 3.63) is 45.4 Å². The standard InChI is InChI=1S/C14H13ClN2O3S/c15-8-6-10(17(7-8)9-3-4-9)13(18)16-12(14(19)20)11-2-1-5-21-11/h1-2,5-7,9,12H,3-4H2,(H,16,18)(H,19,20). The Morgan fingerprint density at radius 2 is 2.24 bits per heavy atom. The lowest BCUT2D eigenvalue weighted by Crippen LogP contribution is -2.34. The minimum absolute atomic E-state index is 0.295.